The van der Waals surface area contributed by atoms with Gasteiger partial charge in [0.2, 0.25) is 11.7 Å². The lowest BCUT2D eigenvalue weighted by molar-refractivity contribution is 0.384. The van der Waals surface area contributed by atoms with Crippen LogP contribution in [0, 0.1) is 5.82 Å². The summed E-state index contributed by atoms with van der Waals surface area (Å²) < 4.78 is 24.1. The van der Waals surface area contributed by atoms with Gasteiger partial charge in [0.1, 0.15) is 5.01 Å². The van der Waals surface area contributed by atoms with Crippen molar-refractivity contribution in [3.05, 3.63) is 69.6 Å². The molecular formula is C19H13ClFN3O2S. The van der Waals surface area contributed by atoms with Gasteiger partial charge in [-0.2, -0.15) is 4.98 Å². The Kier molecular flexibility index (Phi) is 4.87. The Bertz CT molecular complexity index is 1100. The highest BCUT2D eigenvalue weighted by molar-refractivity contribution is 7.10. The summed E-state index contributed by atoms with van der Waals surface area (Å²) in [5.41, 5.74) is 2.19. The summed E-state index contributed by atoms with van der Waals surface area (Å²) in [7, 11) is 1.41. The van der Waals surface area contributed by atoms with Crippen molar-refractivity contribution in [2.45, 2.75) is 6.42 Å². The Morgan fingerprint density at radius 1 is 1.19 bits per heavy atom. The molecule has 2 aromatic carbocycles. The van der Waals surface area contributed by atoms with Crippen LogP contribution in [0.2, 0.25) is 5.02 Å². The van der Waals surface area contributed by atoms with Crippen LogP contribution in [0.1, 0.15) is 10.9 Å². The second-order valence-electron chi connectivity index (χ2n) is 5.64. The van der Waals surface area contributed by atoms with Crippen LogP contribution >= 0.6 is 22.9 Å². The minimum atomic E-state index is -0.481. The molecule has 0 bridgehead atoms. The average Bonchev–Trinajstić information content (AvgIpc) is 3.32. The smallest absolute Gasteiger partial charge is 0.233 e. The third-order valence-corrected chi connectivity index (χ3v) is 5.06. The SMILES string of the molecule is COc1ccc(-c2noc(Cc3nc(-c4ccccc4Cl)cs3)n2)cc1F. The lowest BCUT2D eigenvalue weighted by Crippen LogP contribution is -1.90. The van der Waals surface area contributed by atoms with Crippen molar-refractivity contribution in [2.24, 2.45) is 0 Å². The highest BCUT2D eigenvalue weighted by Crippen LogP contribution is 2.29. The van der Waals surface area contributed by atoms with Crippen molar-refractivity contribution >= 4 is 22.9 Å². The summed E-state index contributed by atoms with van der Waals surface area (Å²) in [4.78, 5) is 8.91. The van der Waals surface area contributed by atoms with Crippen molar-refractivity contribution in [3.63, 3.8) is 0 Å². The fraction of sp³-hybridized carbons (Fsp3) is 0.105. The average molecular weight is 402 g/mol. The lowest BCUT2D eigenvalue weighted by atomic mass is 10.2. The van der Waals surface area contributed by atoms with Gasteiger partial charge in [-0.05, 0) is 24.3 Å². The van der Waals surface area contributed by atoms with Gasteiger partial charge in [0.15, 0.2) is 11.6 Å². The fourth-order valence-corrected chi connectivity index (χ4v) is 3.58. The molecular weight excluding hydrogens is 389 g/mol. The number of thiazole rings is 1. The third-order valence-electron chi connectivity index (χ3n) is 3.88. The Morgan fingerprint density at radius 3 is 2.81 bits per heavy atom. The van der Waals surface area contributed by atoms with Crippen molar-refractivity contribution in [1.29, 1.82) is 0 Å². The van der Waals surface area contributed by atoms with Crippen LogP contribution in [0.4, 0.5) is 4.39 Å². The van der Waals surface area contributed by atoms with Crippen molar-refractivity contribution in [2.75, 3.05) is 7.11 Å². The first-order chi connectivity index (χ1) is 13.1. The predicted molar refractivity (Wildman–Crippen MR) is 102 cm³/mol. The van der Waals surface area contributed by atoms with Crippen LogP contribution in [0.3, 0.4) is 0 Å². The molecule has 4 rings (SSSR count). The number of benzene rings is 2. The standard InChI is InChI=1S/C19H13ClFN3O2S/c1-25-16-7-6-11(8-14(16)21)19-23-17(26-24-19)9-18-22-15(10-27-18)12-4-2-3-5-13(12)20/h2-8,10H,9H2,1H3. The molecule has 0 unspecified atom stereocenters. The molecule has 2 aromatic heterocycles. The van der Waals surface area contributed by atoms with E-state index in [1.54, 1.807) is 6.07 Å². The summed E-state index contributed by atoms with van der Waals surface area (Å²) in [6.45, 7) is 0. The highest BCUT2D eigenvalue weighted by Gasteiger charge is 2.14. The number of halogens is 2. The van der Waals surface area contributed by atoms with Crippen molar-refractivity contribution < 1.29 is 13.7 Å². The van der Waals surface area contributed by atoms with Gasteiger partial charge in [0.25, 0.3) is 0 Å². The zero-order valence-corrected chi connectivity index (χ0v) is 15.7. The van der Waals surface area contributed by atoms with Crippen LogP contribution in [-0.2, 0) is 6.42 Å². The first kappa shape index (κ1) is 17.6. The van der Waals surface area contributed by atoms with E-state index < -0.39 is 5.82 Å². The second kappa shape index (κ2) is 7.46. The Hall–Kier alpha value is -2.77. The molecule has 0 saturated carbocycles. The van der Waals surface area contributed by atoms with E-state index in [1.165, 1.54) is 30.6 Å². The molecule has 136 valence electrons. The van der Waals surface area contributed by atoms with Gasteiger partial charge in [-0.3, -0.25) is 0 Å². The van der Waals surface area contributed by atoms with Gasteiger partial charge in [-0.25, -0.2) is 9.37 Å². The quantitative estimate of drug-likeness (QED) is 0.457. The van der Waals surface area contributed by atoms with E-state index in [9.17, 15) is 4.39 Å². The number of hydrogen-bond donors (Lipinski definition) is 0. The second-order valence-corrected chi connectivity index (χ2v) is 6.99. The Labute approximate surface area is 163 Å². The number of nitrogens with zero attached hydrogens (tertiary/aromatic N) is 3. The molecule has 4 aromatic rings. The van der Waals surface area contributed by atoms with Gasteiger partial charge >= 0.3 is 0 Å². The van der Waals surface area contributed by atoms with Crippen molar-refractivity contribution in [3.8, 4) is 28.4 Å². The molecule has 0 aliphatic heterocycles. The summed E-state index contributed by atoms with van der Waals surface area (Å²) >= 11 is 7.70. The molecule has 0 radical (unpaired) electrons. The van der Waals surface area contributed by atoms with Crippen LogP contribution in [0.25, 0.3) is 22.6 Å². The maximum atomic E-state index is 13.9. The Balaban J connectivity index is 1.53. The van der Waals surface area contributed by atoms with E-state index in [0.29, 0.717) is 28.7 Å². The summed E-state index contributed by atoms with van der Waals surface area (Å²) in [5, 5.41) is 7.33. The maximum Gasteiger partial charge on any atom is 0.233 e. The zero-order chi connectivity index (χ0) is 18.8. The topological polar surface area (TPSA) is 61.0 Å². The molecule has 0 amide bonds. The maximum absolute atomic E-state index is 13.9. The monoisotopic (exact) mass is 401 g/mol. The largest absolute Gasteiger partial charge is 0.494 e. The number of aromatic nitrogens is 3. The number of hydrogen-bond acceptors (Lipinski definition) is 6. The molecule has 2 heterocycles. The van der Waals surface area contributed by atoms with E-state index in [4.69, 9.17) is 20.9 Å². The van der Waals surface area contributed by atoms with Gasteiger partial charge in [0.05, 0.1) is 19.2 Å². The number of methoxy groups -OCH3 is 1. The number of rotatable bonds is 5. The van der Waals surface area contributed by atoms with Crippen LogP contribution in [-0.4, -0.2) is 22.2 Å². The first-order valence-corrected chi connectivity index (χ1v) is 9.25. The number of ether oxygens (including phenoxy) is 1. The van der Waals surface area contributed by atoms with E-state index in [2.05, 4.69) is 15.1 Å². The summed E-state index contributed by atoms with van der Waals surface area (Å²) in [6, 6.07) is 12.1. The Morgan fingerprint density at radius 2 is 2.04 bits per heavy atom. The van der Waals surface area contributed by atoms with E-state index in [1.807, 2.05) is 29.6 Å². The molecule has 0 aliphatic carbocycles. The predicted octanol–water partition coefficient (Wildman–Crippen LogP) is 5.25. The van der Waals surface area contributed by atoms with E-state index in [-0.39, 0.29) is 5.75 Å². The van der Waals surface area contributed by atoms with E-state index >= 15 is 0 Å². The van der Waals surface area contributed by atoms with Gasteiger partial charge in [0, 0.05) is 21.5 Å². The molecule has 27 heavy (non-hydrogen) atoms. The summed E-state index contributed by atoms with van der Waals surface area (Å²) in [5.74, 6) is 0.402. The normalized spacial score (nSPS) is 10.9. The minimum Gasteiger partial charge on any atom is -0.494 e. The van der Waals surface area contributed by atoms with Crippen LogP contribution < -0.4 is 4.74 Å². The highest BCUT2D eigenvalue weighted by atomic mass is 35.5. The van der Waals surface area contributed by atoms with Gasteiger partial charge in [-0.1, -0.05) is 35.0 Å². The molecule has 0 atom stereocenters. The fourth-order valence-electron chi connectivity index (χ4n) is 2.56. The van der Waals surface area contributed by atoms with Crippen LogP contribution in [0.15, 0.2) is 52.4 Å². The van der Waals surface area contributed by atoms with Gasteiger partial charge in [-0.15, -0.1) is 11.3 Å². The molecule has 0 saturated heterocycles. The van der Waals surface area contributed by atoms with Gasteiger partial charge < -0.3 is 9.26 Å². The molecule has 0 spiro atoms. The molecule has 0 fully saturated rings. The molecule has 0 N–H and O–H groups in total. The van der Waals surface area contributed by atoms with Crippen LogP contribution in [0.5, 0.6) is 5.75 Å². The lowest BCUT2D eigenvalue weighted by Gasteiger charge is -2.01. The summed E-state index contributed by atoms with van der Waals surface area (Å²) in [6.07, 6.45) is 0.390. The third kappa shape index (κ3) is 3.70. The zero-order valence-electron chi connectivity index (χ0n) is 14.1. The van der Waals surface area contributed by atoms with E-state index in [0.717, 1.165) is 16.3 Å². The van der Waals surface area contributed by atoms with Crippen molar-refractivity contribution in [1.82, 2.24) is 15.1 Å². The molecule has 8 heteroatoms. The minimum absolute atomic E-state index is 0.164. The molecule has 0 aliphatic rings. The molecule has 5 nitrogen and oxygen atoms in total. The first-order valence-electron chi connectivity index (χ1n) is 8.00.